The third kappa shape index (κ3) is 19.4. The smallest absolute Gasteiger partial charge is 0.329 e. The minimum Gasteiger partial charge on any atom is -0.480 e. The third-order valence-electron chi connectivity index (χ3n) is 3.36. The monoisotopic (exact) mass is 318 g/mol. The lowest BCUT2D eigenvalue weighted by Gasteiger charge is -2.06. The molecule has 0 spiro atoms. The van der Waals surface area contributed by atoms with Crippen LogP contribution >= 0.6 is 0 Å². The van der Waals surface area contributed by atoms with Crippen molar-refractivity contribution >= 4 is 5.97 Å². The molecule has 0 aromatic carbocycles. The molecule has 0 bridgehead atoms. The number of ether oxygens (including phenoxy) is 3. The Balaban J connectivity index is 2.95. The van der Waals surface area contributed by atoms with Gasteiger partial charge < -0.3 is 19.3 Å². The Labute approximate surface area is 135 Å². The Bertz CT molecular complexity index is 233. The van der Waals surface area contributed by atoms with Crippen molar-refractivity contribution in [2.75, 3.05) is 39.6 Å². The molecular formula is C17H34O5. The highest BCUT2D eigenvalue weighted by Gasteiger charge is 1.96. The maximum atomic E-state index is 10.2. The number of hydrogen-bond donors (Lipinski definition) is 1. The molecule has 0 saturated carbocycles. The molecule has 0 radical (unpaired) electrons. The van der Waals surface area contributed by atoms with Gasteiger partial charge in [0.25, 0.3) is 0 Å². The predicted octanol–water partition coefficient (Wildman–Crippen LogP) is 3.65. The Morgan fingerprint density at radius 2 is 1.14 bits per heavy atom. The molecule has 0 aliphatic heterocycles. The SMILES string of the molecule is CCCCCCCCCCCOCCOCCOCC(=O)O. The standard InChI is InChI=1S/C17H34O5/c1-2-3-4-5-6-7-8-9-10-11-20-12-13-21-14-15-22-16-17(18)19/h2-16H2,1H3,(H,18,19). The number of carboxylic acid groups (broad SMARTS) is 1. The summed E-state index contributed by atoms with van der Waals surface area (Å²) in [6, 6.07) is 0. The summed E-state index contributed by atoms with van der Waals surface area (Å²) in [7, 11) is 0. The normalized spacial score (nSPS) is 11.0. The lowest BCUT2D eigenvalue weighted by atomic mass is 10.1. The molecule has 0 aromatic heterocycles. The quantitative estimate of drug-likeness (QED) is 0.391. The molecule has 1 N–H and O–H groups in total. The van der Waals surface area contributed by atoms with E-state index in [4.69, 9.17) is 19.3 Å². The molecule has 0 amide bonds. The fourth-order valence-electron chi connectivity index (χ4n) is 2.11. The van der Waals surface area contributed by atoms with E-state index in [1.807, 2.05) is 0 Å². The van der Waals surface area contributed by atoms with Crippen molar-refractivity contribution in [1.82, 2.24) is 0 Å². The van der Waals surface area contributed by atoms with E-state index in [9.17, 15) is 4.79 Å². The van der Waals surface area contributed by atoms with Gasteiger partial charge in [-0.15, -0.1) is 0 Å². The average Bonchev–Trinajstić information content (AvgIpc) is 2.50. The van der Waals surface area contributed by atoms with Crippen LogP contribution in [0.4, 0.5) is 0 Å². The zero-order valence-corrected chi connectivity index (χ0v) is 14.2. The van der Waals surface area contributed by atoms with Crippen LogP contribution < -0.4 is 0 Å². The van der Waals surface area contributed by atoms with Crippen molar-refractivity contribution < 1.29 is 24.1 Å². The molecule has 22 heavy (non-hydrogen) atoms. The highest BCUT2D eigenvalue weighted by Crippen LogP contribution is 2.09. The van der Waals surface area contributed by atoms with Gasteiger partial charge in [0.1, 0.15) is 6.61 Å². The Morgan fingerprint density at radius 1 is 0.682 bits per heavy atom. The van der Waals surface area contributed by atoms with Crippen molar-refractivity contribution in [2.45, 2.75) is 64.7 Å². The second-order valence-electron chi connectivity index (χ2n) is 5.50. The molecule has 0 aliphatic carbocycles. The van der Waals surface area contributed by atoms with E-state index in [1.54, 1.807) is 0 Å². The lowest BCUT2D eigenvalue weighted by Crippen LogP contribution is -2.13. The molecule has 0 fully saturated rings. The average molecular weight is 318 g/mol. The maximum Gasteiger partial charge on any atom is 0.329 e. The van der Waals surface area contributed by atoms with Crippen molar-refractivity contribution in [3.05, 3.63) is 0 Å². The molecule has 0 saturated heterocycles. The summed E-state index contributed by atoms with van der Waals surface area (Å²) in [4.78, 5) is 10.2. The first-order valence-electron chi connectivity index (χ1n) is 8.72. The van der Waals surface area contributed by atoms with Crippen LogP contribution in [-0.2, 0) is 19.0 Å². The van der Waals surface area contributed by atoms with E-state index in [0.29, 0.717) is 26.4 Å². The largest absolute Gasteiger partial charge is 0.480 e. The van der Waals surface area contributed by atoms with Crippen molar-refractivity contribution in [3.8, 4) is 0 Å². The van der Waals surface area contributed by atoms with Crippen LogP contribution in [0.2, 0.25) is 0 Å². The first-order chi connectivity index (χ1) is 10.8. The topological polar surface area (TPSA) is 65.0 Å². The highest BCUT2D eigenvalue weighted by atomic mass is 16.5. The molecule has 0 heterocycles. The maximum absolute atomic E-state index is 10.2. The minimum absolute atomic E-state index is 0.265. The third-order valence-corrected chi connectivity index (χ3v) is 3.36. The minimum atomic E-state index is -0.954. The van der Waals surface area contributed by atoms with E-state index >= 15 is 0 Å². The molecule has 132 valence electrons. The number of carbonyl (C=O) groups is 1. The Kier molecular flexibility index (Phi) is 17.9. The second kappa shape index (κ2) is 18.4. The van der Waals surface area contributed by atoms with Crippen LogP contribution in [-0.4, -0.2) is 50.7 Å². The zero-order valence-electron chi connectivity index (χ0n) is 14.2. The molecule has 0 atom stereocenters. The van der Waals surface area contributed by atoms with Gasteiger partial charge in [0.15, 0.2) is 0 Å². The van der Waals surface area contributed by atoms with Crippen LogP contribution in [0.1, 0.15) is 64.7 Å². The van der Waals surface area contributed by atoms with Gasteiger partial charge in [-0.2, -0.15) is 0 Å². The van der Waals surface area contributed by atoms with E-state index in [0.717, 1.165) is 13.0 Å². The molecule has 0 aliphatic rings. The molecule has 0 rings (SSSR count). The summed E-state index contributed by atoms with van der Waals surface area (Å²) >= 11 is 0. The Hall–Kier alpha value is -0.650. The van der Waals surface area contributed by atoms with Crippen LogP contribution in [0.15, 0.2) is 0 Å². The van der Waals surface area contributed by atoms with Gasteiger partial charge in [-0.1, -0.05) is 58.3 Å². The van der Waals surface area contributed by atoms with Crippen molar-refractivity contribution in [3.63, 3.8) is 0 Å². The summed E-state index contributed by atoms with van der Waals surface area (Å²) in [5.74, 6) is -0.954. The van der Waals surface area contributed by atoms with E-state index in [-0.39, 0.29) is 6.61 Å². The predicted molar refractivity (Wildman–Crippen MR) is 87.3 cm³/mol. The number of carboxylic acids is 1. The number of rotatable bonds is 18. The van der Waals surface area contributed by atoms with E-state index < -0.39 is 5.97 Å². The highest BCUT2D eigenvalue weighted by molar-refractivity contribution is 5.67. The van der Waals surface area contributed by atoms with Gasteiger partial charge in [-0.05, 0) is 6.42 Å². The van der Waals surface area contributed by atoms with Gasteiger partial charge in [0.05, 0.1) is 26.4 Å². The van der Waals surface area contributed by atoms with Gasteiger partial charge >= 0.3 is 5.97 Å². The van der Waals surface area contributed by atoms with Gasteiger partial charge in [-0.3, -0.25) is 0 Å². The summed E-state index contributed by atoms with van der Waals surface area (Å²) < 4.78 is 15.6. The molecular weight excluding hydrogens is 284 g/mol. The number of hydrogen-bond acceptors (Lipinski definition) is 4. The van der Waals surface area contributed by atoms with Gasteiger partial charge in [0.2, 0.25) is 0 Å². The van der Waals surface area contributed by atoms with Crippen LogP contribution in [0.3, 0.4) is 0 Å². The Morgan fingerprint density at radius 3 is 1.68 bits per heavy atom. The fourth-order valence-corrected chi connectivity index (χ4v) is 2.11. The number of aliphatic carboxylic acids is 1. The summed E-state index contributed by atoms with van der Waals surface area (Å²) in [5.41, 5.74) is 0. The number of unbranched alkanes of at least 4 members (excludes halogenated alkanes) is 8. The van der Waals surface area contributed by atoms with E-state index in [1.165, 1.54) is 51.4 Å². The zero-order chi connectivity index (χ0) is 16.3. The second-order valence-corrected chi connectivity index (χ2v) is 5.50. The summed E-state index contributed by atoms with van der Waals surface area (Å²) in [5, 5.41) is 8.35. The van der Waals surface area contributed by atoms with Gasteiger partial charge in [0, 0.05) is 6.61 Å². The summed E-state index contributed by atoms with van der Waals surface area (Å²) in [6.07, 6.45) is 11.9. The first kappa shape index (κ1) is 21.4. The first-order valence-corrected chi connectivity index (χ1v) is 8.72. The van der Waals surface area contributed by atoms with Gasteiger partial charge in [-0.25, -0.2) is 4.79 Å². The summed E-state index contributed by atoms with van der Waals surface area (Å²) in [6.45, 7) is 4.63. The van der Waals surface area contributed by atoms with Crippen molar-refractivity contribution in [1.29, 1.82) is 0 Å². The molecule has 5 nitrogen and oxygen atoms in total. The molecule has 5 heteroatoms. The lowest BCUT2D eigenvalue weighted by molar-refractivity contribution is -0.142. The fraction of sp³-hybridized carbons (Fsp3) is 0.941. The van der Waals surface area contributed by atoms with Crippen LogP contribution in [0.25, 0.3) is 0 Å². The molecule has 0 aromatic rings. The van der Waals surface area contributed by atoms with Crippen LogP contribution in [0.5, 0.6) is 0 Å². The molecule has 0 unspecified atom stereocenters. The van der Waals surface area contributed by atoms with Crippen molar-refractivity contribution in [2.24, 2.45) is 0 Å². The van der Waals surface area contributed by atoms with E-state index in [2.05, 4.69) is 6.92 Å². The van der Waals surface area contributed by atoms with Crippen LogP contribution in [0, 0.1) is 0 Å².